The van der Waals surface area contributed by atoms with Crippen LogP contribution in [0.25, 0.3) is 0 Å². The number of carboxylic acids is 1. The standard InChI is InChI=1S/C12H16O4S/c1-12(2,8-17(3,15)16)10-6-4-5-9(7-10)11(13)14/h4-7H,8H2,1-3H3,(H,13,14). The van der Waals surface area contributed by atoms with E-state index < -0.39 is 21.2 Å². The lowest BCUT2D eigenvalue weighted by Crippen LogP contribution is -2.27. The largest absolute Gasteiger partial charge is 0.478 e. The summed E-state index contributed by atoms with van der Waals surface area (Å²) in [6.07, 6.45) is 1.18. The molecule has 0 saturated heterocycles. The maximum atomic E-state index is 11.3. The van der Waals surface area contributed by atoms with Gasteiger partial charge in [0.05, 0.1) is 11.3 Å². The van der Waals surface area contributed by atoms with Crippen molar-refractivity contribution in [3.05, 3.63) is 35.4 Å². The van der Waals surface area contributed by atoms with E-state index in [1.807, 2.05) is 0 Å². The zero-order valence-corrected chi connectivity index (χ0v) is 10.9. The third kappa shape index (κ3) is 3.85. The van der Waals surface area contributed by atoms with Gasteiger partial charge in [-0.05, 0) is 17.7 Å². The van der Waals surface area contributed by atoms with E-state index in [-0.39, 0.29) is 11.3 Å². The van der Waals surface area contributed by atoms with Crippen LogP contribution in [0.1, 0.15) is 29.8 Å². The van der Waals surface area contributed by atoms with E-state index in [4.69, 9.17) is 5.11 Å². The average molecular weight is 256 g/mol. The van der Waals surface area contributed by atoms with Crippen LogP contribution in [0.4, 0.5) is 0 Å². The molecule has 1 rings (SSSR count). The molecule has 0 spiro atoms. The van der Waals surface area contributed by atoms with Gasteiger partial charge >= 0.3 is 5.97 Å². The van der Waals surface area contributed by atoms with Crippen LogP contribution in [0.5, 0.6) is 0 Å². The minimum absolute atomic E-state index is 0.0108. The summed E-state index contributed by atoms with van der Waals surface area (Å²) >= 11 is 0. The van der Waals surface area contributed by atoms with Gasteiger partial charge in [0.1, 0.15) is 9.84 Å². The van der Waals surface area contributed by atoms with Gasteiger partial charge in [-0.25, -0.2) is 13.2 Å². The predicted octanol–water partition coefficient (Wildman–Crippen LogP) is 1.71. The van der Waals surface area contributed by atoms with Gasteiger partial charge < -0.3 is 5.11 Å². The van der Waals surface area contributed by atoms with Crippen molar-refractivity contribution in [3.63, 3.8) is 0 Å². The van der Waals surface area contributed by atoms with Crippen molar-refractivity contribution in [2.24, 2.45) is 0 Å². The molecule has 0 radical (unpaired) electrons. The second-order valence-electron chi connectivity index (χ2n) is 4.84. The molecule has 0 atom stereocenters. The molecule has 1 aromatic rings. The molecule has 0 aromatic heterocycles. The van der Waals surface area contributed by atoms with Crippen molar-refractivity contribution in [1.29, 1.82) is 0 Å². The van der Waals surface area contributed by atoms with E-state index in [2.05, 4.69) is 0 Å². The summed E-state index contributed by atoms with van der Waals surface area (Å²) in [6, 6.07) is 6.39. The number of benzene rings is 1. The van der Waals surface area contributed by atoms with Crippen molar-refractivity contribution in [2.45, 2.75) is 19.3 Å². The number of hydrogen-bond acceptors (Lipinski definition) is 3. The fourth-order valence-electron chi connectivity index (χ4n) is 1.81. The second-order valence-corrected chi connectivity index (χ2v) is 6.98. The number of hydrogen-bond donors (Lipinski definition) is 1. The highest BCUT2D eigenvalue weighted by Crippen LogP contribution is 2.25. The highest BCUT2D eigenvalue weighted by molar-refractivity contribution is 7.90. The molecule has 1 aromatic carbocycles. The van der Waals surface area contributed by atoms with Crippen LogP contribution >= 0.6 is 0 Å². The minimum atomic E-state index is -3.11. The van der Waals surface area contributed by atoms with Gasteiger partial charge in [0.15, 0.2) is 0 Å². The van der Waals surface area contributed by atoms with Crippen LogP contribution in [-0.2, 0) is 15.3 Å². The molecule has 5 heteroatoms. The van der Waals surface area contributed by atoms with Crippen LogP contribution in [-0.4, -0.2) is 31.5 Å². The lowest BCUT2D eigenvalue weighted by atomic mass is 9.86. The van der Waals surface area contributed by atoms with E-state index in [0.29, 0.717) is 5.56 Å². The smallest absolute Gasteiger partial charge is 0.335 e. The fourth-order valence-corrected chi connectivity index (χ4v) is 3.29. The van der Waals surface area contributed by atoms with Crippen LogP contribution in [0.15, 0.2) is 24.3 Å². The van der Waals surface area contributed by atoms with Crippen LogP contribution in [0.3, 0.4) is 0 Å². The third-order valence-corrected chi connectivity index (χ3v) is 3.76. The molecule has 0 saturated carbocycles. The molecule has 94 valence electrons. The topological polar surface area (TPSA) is 71.4 Å². The Morgan fingerprint density at radius 3 is 2.41 bits per heavy atom. The zero-order chi connectivity index (χ0) is 13.3. The summed E-state index contributed by atoms with van der Waals surface area (Å²) in [4.78, 5) is 10.8. The molecule has 0 heterocycles. The first-order valence-corrected chi connectivity index (χ1v) is 7.19. The van der Waals surface area contributed by atoms with E-state index in [0.717, 1.165) is 0 Å². The molecule has 0 aliphatic carbocycles. The Morgan fingerprint density at radius 2 is 1.94 bits per heavy atom. The van der Waals surface area contributed by atoms with Gasteiger partial charge in [0.25, 0.3) is 0 Å². The van der Waals surface area contributed by atoms with Crippen molar-refractivity contribution < 1.29 is 18.3 Å². The molecule has 1 N–H and O–H groups in total. The number of aromatic carboxylic acids is 1. The second kappa shape index (κ2) is 4.49. The number of carboxylic acid groups (broad SMARTS) is 1. The zero-order valence-electron chi connectivity index (χ0n) is 10.1. The first kappa shape index (κ1) is 13.7. The quantitative estimate of drug-likeness (QED) is 0.890. The van der Waals surface area contributed by atoms with Crippen molar-refractivity contribution in [3.8, 4) is 0 Å². The number of carbonyl (C=O) groups is 1. The molecule has 0 unspecified atom stereocenters. The lowest BCUT2D eigenvalue weighted by Gasteiger charge is -2.24. The Hall–Kier alpha value is -1.36. The van der Waals surface area contributed by atoms with Gasteiger partial charge in [-0.15, -0.1) is 0 Å². The highest BCUT2D eigenvalue weighted by atomic mass is 32.2. The van der Waals surface area contributed by atoms with Crippen molar-refractivity contribution in [2.75, 3.05) is 12.0 Å². The van der Waals surface area contributed by atoms with Gasteiger partial charge in [-0.2, -0.15) is 0 Å². The van der Waals surface area contributed by atoms with E-state index >= 15 is 0 Å². The van der Waals surface area contributed by atoms with Crippen LogP contribution < -0.4 is 0 Å². The lowest BCUT2D eigenvalue weighted by molar-refractivity contribution is 0.0696. The predicted molar refractivity (Wildman–Crippen MR) is 66.1 cm³/mol. The van der Waals surface area contributed by atoms with E-state index in [1.54, 1.807) is 26.0 Å². The highest BCUT2D eigenvalue weighted by Gasteiger charge is 2.26. The normalized spacial score (nSPS) is 12.4. The Kier molecular flexibility index (Phi) is 3.62. The summed E-state index contributed by atoms with van der Waals surface area (Å²) < 4.78 is 22.6. The molecular formula is C12H16O4S. The van der Waals surface area contributed by atoms with Crippen molar-refractivity contribution in [1.82, 2.24) is 0 Å². The Labute approximate surface area is 101 Å². The monoisotopic (exact) mass is 256 g/mol. The molecule has 0 amide bonds. The summed E-state index contributed by atoms with van der Waals surface area (Å²) in [6.45, 7) is 3.57. The van der Waals surface area contributed by atoms with Gasteiger partial charge in [0, 0.05) is 11.7 Å². The summed E-state index contributed by atoms with van der Waals surface area (Å²) in [5.41, 5.74) is 0.283. The maximum absolute atomic E-state index is 11.3. The van der Waals surface area contributed by atoms with Crippen molar-refractivity contribution >= 4 is 15.8 Å². The van der Waals surface area contributed by atoms with Gasteiger partial charge in [0.2, 0.25) is 0 Å². The Morgan fingerprint density at radius 1 is 1.35 bits per heavy atom. The molecule has 0 aliphatic heterocycles. The fraction of sp³-hybridized carbons (Fsp3) is 0.417. The van der Waals surface area contributed by atoms with Gasteiger partial charge in [-0.3, -0.25) is 0 Å². The minimum Gasteiger partial charge on any atom is -0.478 e. The van der Waals surface area contributed by atoms with E-state index in [9.17, 15) is 13.2 Å². The number of rotatable bonds is 4. The average Bonchev–Trinajstić information content (AvgIpc) is 2.14. The number of sulfone groups is 1. The Balaban J connectivity index is 3.15. The van der Waals surface area contributed by atoms with Crippen LogP contribution in [0.2, 0.25) is 0 Å². The van der Waals surface area contributed by atoms with Gasteiger partial charge in [-0.1, -0.05) is 26.0 Å². The summed E-state index contributed by atoms with van der Waals surface area (Å²) in [7, 11) is -3.11. The van der Waals surface area contributed by atoms with Crippen LogP contribution in [0, 0.1) is 0 Å². The first-order valence-electron chi connectivity index (χ1n) is 5.13. The van der Waals surface area contributed by atoms with E-state index in [1.165, 1.54) is 18.4 Å². The molecule has 0 aliphatic rings. The molecule has 0 bridgehead atoms. The maximum Gasteiger partial charge on any atom is 0.335 e. The summed E-state index contributed by atoms with van der Waals surface area (Å²) in [5, 5.41) is 8.89. The summed E-state index contributed by atoms with van der Waals surface area (Å²) in [5.74, 6) is -1.02. The SMILES string of the molecule is CC(C)(CS(C)(=O)=O)c1cccc(C(=O)O)c1. The molecule has 4 nitrogen and oxygen atoms in total. The first-order chi connectivity index (χ1) is 7.62. The molecule has 0 fully saturated rings. The Bertz CT molecular complexity index is 529. The third-order valence-electron chi connectivity index (χ3n) is 2.51. The molecular weight excluding hydrogens is 240 g/mol. The molecule has 17 heavy (non-hydrogen) atoms.